The van der Waals surface area contributed by atoms with E-state index in [-0.39, 0.29) is 6.04 Å². The smallest absolute Gasteiger partial charge is 0.122 e. The summed E-state index contributed by atoms with van der Waals surface area (Å²) in [5, 5.41) is 0. The van der Waals surface area contributed by atoms with Crippen LogP contribution in [-0.4, -0.2) is 0 Å². The molecule has 1 aromatic heterocycles. The van der Waals surface area contributed by atoms with Crippen LogP contribution in [0.4, 0.5) is 0 Å². The number of furan rings is 1. The van der Waals surface area contributed by atoms with Crippen LogP contribution in [0.5, 0.6) is 0 Å². The average Bonchev–Trinajstić information content (AvgIpc) is 2.74. The van der Waals surface area contributed by atoms with E-state index in [1.54, 1.807) is 6.26 Å². The molecule has 3 N–H and O–H groups in total. The summed E-state index contributed by atoms with van der Waals surface area (Å²) < 4.78 is 5.27. The highest BCUT2D eigenvalue weighted by atomic mass is 16.3. The lowest BCUT2D eigenvalue weighted by Gasteiger charge is -2.11. The number of hydrogen-bond acceptors (Lipinski definition) is 3. The van der Waals surface area contributed by atoms with Crippen LogP contribution in [0.15, 0.2) is 22.8 Å². The Morgan fingerprint density at radius 1 is 1.67 bits per heavy atom. The lowest BCUT2D eigenvalue weighted by molar-refractivity contribution is 0.388. The minimum atomic E-state index is 0.201. The first-order valence-electron chi connectivity index (χ1n) is 4.39. The van der Waals surface area contributed by atoms with Gasteiger partial charge < -0.3 is 4.42 Å². The van der Waals surface area contributed by atoms with Crippen LogP contribution in [0.1, 0.15) is 31.1 Å². The van der Waals surface area contributed by atoms with Gasteiger partial charge in [-0.1, -0.05) is 12.8 Å². The second-order valence-electron chi connectivity index (χ2n) is 3.41. The van der Waals surface area contributed by atoms with Gasteiger partial charge in [-0.25, -0.2) is 5.43 Å². The molecule has 1 saturated carbocycles. The van der Waals surface area contributed by atoms with Gasteiger partial charge in [-0.3, -0.25) is 5.84 Å². The minimum absolute atomic E-state index is 0.201. The Labute approximate surface area is 71.9 Å². The predicted octanol–water partition coefficient (Wildman–Crippen LogP) is 1.58. The minimum Gasteiger partial charge on any atom is -0.468 e. The molecule has 0 saturated heterocycles. The van der Waals surface area contributed by atoms with E-state index in [0.717, 1.165) is 18.1 Å². The summed E-state index contributed by atoms with van der Waals surface area (Å²) in [5.74, 6) is 7.24. The summed E-state index contributed by atoms with van der Waals surface area (Å²) in [5.41, 5.74) is 2.78. The van der Waals surface area contributed by atoms with E-state index in [9.17, 15) is 0 Å². The van der Waals surface area contributed by atoms with Crippen LogP contribution < -0.4 is 11.3 Å². The Bertz CT molecular complexity index is 229. The molecule has 66 valence electrons. The fraction of sp³-hybridized carbons (Fsp3) is 0.556. The first kappa shape index (κ1) is 7.83. The molecule has 1 unspecified atom stereocenters. The predicted molar refractivity (Wildman–Crippen MR) is 46.1 cm³/mol. The Kier molecular flexibility index (Phi) is 2.15. The van der Waals surface area contributed by atoms with Crippen LogP contribution in [0, 0.1) is 5.92 Å². The molecule has 1 aliphatic carbocycles. The topological polar surface area (TPSA) is 51.2 Å². The zero-order valence-electron chi connectivity index (χ0n) is 6.99. The highest BCUT2D eigenvalue weighted by Gasteiger charge is 2.26. The highest BCUT2D eigenvalue weighted by molar-refractivity contribution is 5.04. The van der Waals surface area contributed by atoms with Gasteiger partial charge in [0.2, 0.25) is 0 Å². The average molecular weight is 166 g/mol. The van der Waals surface area contributed by atoms with Crippen molar-refractivity contribution in [3.05, 3.63) is 24.2 Å². The summed E-state index contributed by atoms with van der Waals surface area (Å²) >= 11 is 0. The monoisotopic (exact) mass is 166 g/mol. The maximum atomic E-state index is 5.43. The van der Waals surface area contributed by atoms with Crippen molar-refractivity contribution in [3.8, 4) is 0 Å². The van der Waals surface area contributed by atoms with Crippen molar-refractivity contribution in [2.45, 2.75) is 25.3 Å². The van der Waals surface area contributed by atoms with Crippen LogP contribution in [0.2, 0.25) is 0 Å². The number of hydrogen-bond donors (Lipinski definition) is 2. The summed E-state index contributed by atoms with van der Waals surface area (Å²) in [7, 11) is 0. The van der Waals surface area contributed by atoms with E-state index in [0.29, 0.717) is 0 Å². The standard InChI is InChI=1S/C9H14N2O/c10-11-8(6-7-3-4-7)9-2-1-5-12-9/h1-2,5,7-8,11H,3-4,6,10H2. The first-order chi connectivity index (χ1) is 5.90. The molecule has 1 fully saturated rings. The van der Waals surface area contributed by atoms with E-state index in [1.165, 1.54) is 12.8 Å². The van der Waals surface area contributed by atoms with Gasteiger partial charge in [0.1, 0.15) is 5.76 Å². The molecule has 0 aliphatic heterocycles. The van der Waals surface area contributed by atoms with Crippen LogP contribution in [0.25, 0.3) is 0 Å². The van der Waals surface area contributed by atoms with Gasteiger partial charge in [0.25, 0.3) is 0 Å². The first-order valence-corrected chi connectivity index (χ1v) is 4.39. The Morgan fingerprint density at radius 3 is 3.00 bits per heavy atom. The van der Waals surface area contributed by atoms with Crippen LogP contribution in [-0.2, 0) is 0 Å². The fourth-order valence-electron chi connectivity index (χ4n) is 1.44. The van der Waals surface area contributed by atoms with Crippen molar-refractivity contribution < 1.29 is 4.42 Å². The highest BCUT2D eigenvalue weighted by Crippen LogP contribution is 2.37. The lowest BCUT2D eigenvalue weighted by atomic mass is 10.1. The third kappa shape index (κ3) is 1.68. The Balaban J connectivity index is 1.97. The molecular weight excluding hydrogens is 152 g/mol. The van der Waals surface area contributed by atoms with E-state index < -0.39 is 0 Å². The molecule has 2 rings (SSSR count). The summed E-state index contributed by atoms with van der Waals surface area (Å²) in [4.78, 5) is 0. The molecule has 0 amide bonds. The van der Waals surface area contributed by atoms with Crippen molar-refractivity contribution in [2.75, 3.05) is 0 Å². The fourth-order valence-corrected chi connectivity index (χ4v) is 1.44. The summed E-state index contributed by atoms with van der Waals surface area (Å²) in [6.07, 6.45) is 5.48. The Morgan fingerprint density at radius 2 is 2.50 bits per heavy atom. The molecule has 0 aromatic carbocycles. The zero-order valence-corrected chi connectivity index (χ0v) is 6.99. The number of rotatable bonds is 4. The normalized spacial score (nSPS) is 19.4. The molecule has 1 heterocycles. The zero-order chi connectivity index (χ0) is 8.39. The van der Waals surface area contributed by atoms with Gasteiger partial charge in [0, 0.05) is 0 Å². The molecule has 3 heteroatoms. The molecule has 0 bridgehead atoms. The van der Waals surface area contributed by atoms with E-state index in [1.807, 2.05) is 12.1 Å². The number of nitrogens with one attached hydrogen (secondary N) is 1. The molecule has 1 aliphatic rings. The maximum absolute atomic E-state index is 5.43. The lowest BCUT2D eigenvalue weighted by Crippen LogP contribution is -2.28. The van der Waals surface area contributed by atoms with Gasteiger partial charge in [-0.2, -0.15) is 0 Å². The van der Waals surface area contributed by atoms with Crippen molar-refractivity contribution in [2.24, 2.45) is 11.8 Å². The van der Waals surface area contributed by atoms with E-state index in [2.05, 4.69) is 5.43 Å². The molecular formula is C9H14N2O. The van der Waals surface area contributed by atoms with Crippen molar-refractivity contribution in [3.63, 3.8) is 0 Å². The Hall–Kier alpha value is -0.800. The van der Waals surface area contributed by atoms with Crippen LogP contribution in [0.3, 0.4) is 0 Å². The van der Waals surface area contributed by atoms with Gasteiger partial charge in [-0.05, 0) is 24.5 Å². The summed E-state index contributed by atoms with van der Waals surface area (Å²) in [6.45, 7) is 0. The molecule has 3 nitrogen and oxygen atoms in total. The van der Waals surface area contributed by atoms with E-state index >= 15 is 0 Å². The SMILES string of the molecule is NNC(CC1CC1)c1ccco1. The molecule has 12 heavy (non-hydrogen) atoms. The third-order valence-electron chi connectivity index (χ3n) is 2.35. The summed E-state index contributed by atoms with van der Waals surface area (Å²) in [6, 6.07) is 4.06. The largest absolute Gasteiger partial charge is 0.468 e. The number of hydrazine groups is 1. The molecule has 0 spiro atoms. The molecule has 1 aromatic rings. The van der Waals surface area contributed by atoms with Crippen molar-refractivity contribution in [1.29, 1.82) is 0 Å². The van der Waals surface area contributed by atoms with Gasteiger partial charge in [0.05, 0.1) is 12.3 Å². The molecule has 0 radical (unpaired) electrons. The maximum Gasteiger partial charge on any atom is 0.122 e. The second kappa shape index (κ2) is 3.29. The van der Waals surface area contributed by atoms with Gasteiger partial charge >= 0.3 is 0 Å². The number of nitrogens with two attached hydrogens (primary N) is 1. The van der Waals surface area contributed by atoms with Gasteiger partial charge in [-0.15, -0.1) is 0 Å². The van der Waals surface area contributed by atoms with E-state index in [4.69, 9.17) is 10.3 Å². The molecule has 1 atom stereocenters. The quantitative estimate of drug-likeness (QED) is 0.527. The van der Waals surface area contributed by atoms with Gasteiger partial charge in [0.15, 0.2) is 0 Å². The third-order valence-corrected chi connectivity index (χ3v) is 2.35. The van der Waals surface area contributed by atoms with Crippen molar-refractivity contribution >= 4 is 0 Å². The van der Waals surface area contributed by atoms with Crippen LogP contribution >= 0.6 is 0 Å². The van der Waals surface area contributed by atoms with Crippen molar-refractivity contribution in [1.82, 2.24) is 5.43 Å². The second-order valence-corrected chi connectivity index (χ2v) is 3.41.